The van der Waals surface area contributed by atoms with E-state index in [1.165, 1.54) is 12.1 Å². The van der Waals surface area contributed by atoms with Crippen molar-refractivity contribution in [2.75, 3.05) is 5.32 Å². The van der Waals surface area contributed by atoms with Crippen LogP contribution in [-0.2, 0) is 10.0 Å². The summed E-state index contributed by atoms with van der Waals surface area (Å²) in [4.78, 5) is 0.0719. The molecule has 5 nitrogen and oxygen atoms in total. The van der Waals surface area contributed by atoms with E-state index in [9.17, 15) is 8.42 Å². The van der Waals surface area contributed by atoms with Crippen LogP contribution in [0.3, 0.4) is 0 Å². The van der Waals surface area contributed by atoms with Crippen molar-refractivity contribution >= 4 is 15.7 Å². The topological polar surface area (TPSA) is 96.0 Å². The lowest BCUT2D eigenvalue weighted by Gasteiger charge is -2.36. The highest BCUT2D eigenvalue weighted by Gasteiger charge is 2.36. The molecule has 0 spiro atoms. The molecule has 3 N–H and O–H groups in total. The zero-order chi connectivity index (χ0) is 12.5. The molecule has 0 aromatic heterocycles. The van der Waals surface area contributed by atoms with Gasteiger partial charge in [-0.1, -0.05) is 0 Å². The third kappa shape index (κ3) is 2.40. The minimum absolute atomic E-state index is 0.0719. The normalized spacial score (nSPS) is 17.9. The van der Waals surface area contributed by atoms with Crippen molar-refractivity contribution in [2.24, 2.45) is 5.14 Å². The number of primary sulfonamides is 1. The Labute approximate surface area is 100 Å². The van der Waals surface area contributed by atoms with Gasteiger partial charge in [0.15, 0.2) is 0 Å². The number of hydrogen-bond donors (Lipinski definition) is 2. The van der Waals surface area contributed by atoms with Crippen LogP contribution in [0, 0.1) is 11.3 Å². The highest BCUT2D eigenvalue weighted by molar-refractivity contribution is 7.89. The second kappa shape index (κ2) is 4.02. The van der Waals surface area contributed by atoms with Gasteiger partial charge in [-0.2, -0.15) is 5.26 Å². The van der Waals surface area contributed by atoms with Crippen molar-refractivity contribution in [2.45, 2.75) is 29.7 Å². The number of nitrogens with two attached hydrogens (primary N) is 1. The maximum Gasteiger partial charge on any atom is 0.238 e. The lowest BCUT2D eigenvalue weighted by molar-refractivity contribution is 0.356. The Morgan fingerprint density at radius 3 is 2.24 bits per heavy atom. The minimum atomic E-state index is -3.65. The van der Waals surface area contributed by atoms with E-state index >= 15 is 0 Å². The molecule has 6 heteroatoms. The summed E-state index contributed by atoms with van der Waals surface area (Å²) in [5.41, 5.74) is 0.252. The first-order chi connectivity index (χ1) is 7.95. The van der Waals surface area contributed by atoms with E-state index in [0.717, 1.165) is 24.9 Å². The predicted molar refractivity (Wildman–Crippen MR) is 63.6 cm³/mol. The summed E-state index contributed by atoms with van der Waals surface area (Å²) in [6.45, 7) is 0. The van der Waals surface area contributed by atoms with Gasteiger partial charge in [-0.05, 0) is 43.5 Å². The molecule has 0 heterocycles. The molecule has 1 saturated carbocycles. The van der Waals surface area contributed by atoms with Crippen molar-refractivity contribution in [3.63, 3.8) is 0 Å². The van der Waals surface area contributed by atoms with Crippen LogP contribution < -0.4 is 10.5 Å². The van der Waals surface area contributed by atoms with Gasteiger partial charge in [-0.15, -0.1) is 0 Å². The van der Waals surface area contributed by atoms with E-state index in [4.69, 9.17) is 10.4 Å². The van der Waals surface area contributed by atoms with E-state index in [-0.39, 0.29) is 4.90 Å². The molecule has 0 radical (unpaired) electrons. The number of anilines is 1. The molecule has 90 valence electrons. The SMILES string of the molecule is N#CC1(Nc2ccc(S(N)(=O)=O)cc2)CCC1. The van der Waals surface area contributed by atoms with Crippen LogP contribution in [0.1, 0.15) is 19.3 Å². The average Bonchev–Trinajstić information content (AvgIpc) is 2.23. The molecule has 0 bridgehead atoms. The maximum absolute atomic E-state index is 11.1. The molecule has 1 aliphatic carbocycles. The first-order valence-corrected chi connectivity index (χ1v) is 6.82. The van der Waals surface area contributed by atoms with Gasteiger partial charge in [0.2, 0.25) is 10.0 Å². The lowest BCUT2D eigenvalue weighted by Crippen LogP contribution is -2.43. The predicted octanol–water partition coefficient (Wildman–Crippen LogP) is 1.19. The van der Waals surface area contributed by atoms with Gasteiger partial charge in [0.25, 0.3) is 0 Å². The molecule has 0 aliphatic heterocycles. The van der Waals surface area contributed by atoms with E-state index < -0.39 is 15.6 Å². The van der Waals surface area contributed by atoms with Gasteiger partial charge in [-0.25, -0.2) is 13.6 Å². The highest BCUT2D eigenvalue weighted by atomic mass is 32.2. The monoisotopic (exact) mass is 251 g/mol. The minimum Gasteiger partial charge on any atom is -0.367 e. The fourth-order valence-corrected chi connectivity index (χ4v) is 2.31. The summed E-state index contributed by atoms with van der Waals surface area (Å²) in [7, 11) is -3.65. The zero-order valence-corrected chi connectivity index (χ0v) is 10.00. The Hall–Kier alpha value is -1.58. The molecule has 0 atom stereocenters. The van der Waals surface area contributed by atoms with Crippen LogP contribution in [0.4, 0.5) is 5.69 Å². The van der Waals surface area contributed by atoms with Gasteiger partial charge in [0.05, 0.1) is 11.0 Å². The first kappa shape index (κ1) is 11.9. The largest absolute Gasteiger partial charge is 0.367 e. The molecule has 17 heavy (non-hydrogen) atoms. The standard InChI is InChI=1S/C11H13N3O2S/c12-8-11(6-1-7-11)14-9-2-4-10(5-3-9)17(13,15)16/h2-5,14H,1,6-7H2,(H2,13,15,16). The van der Waals surface area contributed by atoms with E-state index in [2.05, 4.69) is 11.4 Å². The van der Waals surface area contributed by atoms with Crippen molar-refractivity contribution < 1.29 is 8.42 Å². The number of rotatable bonds is 3. The van der Waals surface area contributed by atoms with Gasteiger partial charge < -0.3 is 5.32 Å². The van der Waals surface area contributed by atoms with Crippen LogP contribution in [0.15, 0.2) is 29.2 Å². The smallest absolute Gasteiger partial charge is 0.238 e. The molecule has 1 aromatic carbocycles. The summed E-state index contributed by atoms with van der Waals surface area (Å²) >= 11 is 0. The summed E-state index contributed by atoms with van der Waals surface area (Å²) in [6, 6.07) is 8.36. The molecule has 1 aliphatic rings. The molecule has 0 amide bonds. The molecule has 1 fully saturated rings. The van der Waals surface area contributed by atoms with Crippen molar-refractivity contribution in [3.8, 4) is 6.07 Å². The van der Waals surface area contributed by atoms with Crippen LogP contribution in [-0.4, -0.2) is 14.0 Å². The second-order valence-corrected chi connectivity index (χ2v) is 5.80. The van der Waals surface area contributed by atoms with Crippen LogP contribution in [0.5, 0.6) is 0 Å². The maximum atomic E-state index is 11.1. The Morgan fingerprint density at radius 1 is 1.29 bits per heavy atom. The van der Waals surface area contributed by atoms with Crippen LogP contribution in [0.25, 0.3) is 0 Å². The van der Waals surface area contributed by atoms with Gasteiger partial charge in [-0.3, -0.25) is 0 Å². The van der Waals surface area contributed by atoms with E-state index in [1.807, 2.05) is 0 Å². The number of hydrogen-bond acceptors (Lipinski definition) is 4. The fraction of sp³-hybridized carbons (Fsp3) is 0.364. The third-order valence-corrected chi connectivity index (χ3v) is 3.92. The molecule has 0 unspecified atom stereocenters. The third-order valence-electron chi connectivity index (χ3n) is 2.99. The summed E-state index contributed by atoms with van der Waals surface area (Å²) in [6.07, 6.45) is 2.68. The fourth-order valence-electron chi connectivity index (χ4n) is 1.80. The average molecular weight is 251 g/mol. The number of nitriles is 1. The highest BCUT2D eigenvalue weighted by Crippen LogP contribution is 2.34. The Balaban J connectivity index is 2.17. The van der Waals surface area contributed by atoms with E-state index in [0.29, 0.717) is 0 Å². The molecule has 0 saturated heterocycles. The number of nitrogens with one attached hydrogen (secondary N) is 1. The number of nitrogens with zero attached hydrogens (tertiary/aromatic N) is 1. The lowest BCUT2D eigenvalue weighted by atomic mass is 9.78. The van der Waals surface area contributed by atoms with Crippen LogP contribution in [0.2, 0.25) is 0 Å². The molecule has 2 rings (SSSR count). The van der Waals surface area contributed by atoms with Crippen molar-refractivity contribution in [1.82, 2.24) is 0 Å². The molecular formula is C11H13N3O2S. The Kier molecular flexibility index (Phi) is 2.81. The second-order valence-electron chi connectivity index (χ2n) is 4.24. The van der Waals surface area contributed by atoms with Gasteiger partial charge in [0.1, 0.15) is 5.54 Å². The zero-order valence-electron chi connectivity index (χ0n) is 9.18. The quantitative estimate of drug-likeness (QED) is 0.843. The van der Waals surface area contributed by atoms with Gasteiger partial charge in [0, 0.05) is 5.69 Å². The van der Waals surface area contributed by atoms with E-state index in [1.54, 1.807) is 12.1 Å². The van der Waals surface area contributed by atoms with Crippen LogP contribution >= 0.6 is 0 Å². The Bertz CT molecular complexity index is 553. The van der Waals surface area contributed by atoms with Crippen molar-refractivity contribution in [3.05, 3.63) is 24.3 Å². The molecular weight excluding hydrogens is 238 g/mol. The summed E-state index contributed by atoms with van der Waals surface area (Å²) < 4.78 is 22.1. The Morgan fingerprint density at radius 2 is 1.88 bits per heavy atom. The number of sulfonamides is 1. The van der Waals surface area contributed by atoms with Gasteiger partial charge >= 0.3 is 0 Å². The summed E-state index contributed by atoms with van der Waals surface area (Å²) in [5, 5.41) is 17.2. The first-order valence-electron chi connectivity index (χ1n) is 5.28. The van der Waals surface area contributed by atoms with Crippen molar-refractivity contribution in [1.29, 1.82) is 5.26 Å². The summed E-state index contributed by atoms with van der Waals surface area (Å²) in [5.74, 6) is 0. The molecule has 1 aromatic rings. The number of benzene rings is 1.